The van der Waals surface area contributed by atoms with E-state index in [0.717, 1.165) is 18.3 Å². The van der Waals surface area contributed by atoms with E-state index in [2.05, 4.69) is 0 Å². The lowest BCUT2D eigenvalue weighted by atomic mass is 9.98. The fourth-order valence-corrected chi connectivity index (χ4v) is 3.48. The van der Waals surface area contributed by atoms with Gasteiger partial charge < -0.3 is 34.6 Å². The number of aliphatic carboxylic acids is 1. The van der Waals surface area contributed by atoms with Gasteiger partial charge in [0.2, 0.25) is 0 Å². The van der Waals surface area contributed by atoms with Gasteiger partial charge in [0.05, 0.1) is 31.3 Å². The molecule has 1 saturated heterocycles. The minimum absolute atomic E-state index is 0.0810. The number of aliphatic hydroxyl groups is 3. The second-order valence-corrected chi connectivity index (χ2v) is 9.27. The fraction of sp³-hybridized carbons (Fsp3) is 0.731. The summed E-state index contributed by atoms with van der Waals surface area (Å²) in [7, 11) is 1.00. The molecular weight excluding hydrogens is 472 g/mol. The Bertz CT molecular complexity index is 743. The highest BCUT2D eigenvalue weighted by Crippen LogP contribution is 2.24. The molecule has 0 spiro atoms. The van der Waals surface area contributed by atoms with Crippen LogP contribution >= 0.6 is 0 Å². The summed E-state index contributed by atoms with van der Waals surface area (Å²) in [5.41, 5.74) is 1.74. The number of Topliss-reactive ketones (excluding diaryl/α,β-unsaturated/α-hetero) is 1. The number of carbonyl (C=O) groups is 3. The smallest absolute Gasteiger partial charge is 0.309 e. The first-order valence-electron chi connectivity index (χ1n) is 12.2. The number of ether oxygens (including phenoxy) is 3. The molecule has 1 fully saturated rings. The van der Waals surface area contributed by atoms with E-state index in [-0.39, 0.29) is 44.0 Å². The Hall–Kier alpha value is -2.11. The Labute approximate surface area is 213 Å². The average molecular weight is 517 g/mol. The minimum atomic E-state index is -1.08. The van der Waals surface area contributed by atoms with Crippen LogP contribution in [0.4, 0.5) is 0 Å². The first-order chi connectivity index (χ1) is 16.9. The zero-order valence-electron chi connectivity index (χ0n) is 22.3. The first kappa shape index (κ1) is 33.9. The van der Waals surface area contributed by atoms with Gasteiger partial charge in [0.25, 0.3) is 0 Å². The number of carboxylic acid groups (broad SMARTS) is 1. The van der Waals surface area contributed by atoms with Crippen molar-refractivity contribution in [3.8, 4) is 0 Å². The highest BCUT2D eigenvalue weighted by Gasteiger charge is 2.30. The van der Waals surface area contributed by atoms with Crippen molar-refractivity contribution < 1.29 is 49.0 Å². The van der Waals surface area contributed by atoms with E-state index in [9.17, 15) is 24.6 Å². The Morgan fingerprint density at radius 2 is 1.81 bits per heavy atom. The molecule has 10 heteroatoms. The van der Waals surface area contributed by atoms with Crippen molar-refractivity contribution in [3.63, 3.8) is 0 Å². The number of hydrogen-bond donors (Lipinski definition) is 4. The van der Waals surface area contributed by atoms with Crippen LogP contribution in [0.25, 0.3) is 0 Å². The molecule has 0 radical (unpaired) electrons. The highest BCUT2D eigenvalue weighted by atomic mass is 16.7. The lowest BCUT2D eigenvalue weighted by molar-refractivity contribution is -0.150. The van der Waals surface area contributed by atoms with Crippen molar-refractivity contribution in [3.05, 3.63) is 23.3 Å². The summed E-state index contributed by atoms with van der Waals surface area (Å²) in [6.07, 6.45) is 1.46. The van der Waals surface area contributed by atoms with Crippen LogP contribution in [0.15, 0.2) is 23.3 Å². The summed E-state index contributed by atoms with van der Waals surface area (Å²) in [5.74, 6) is -1.16. The lowest BCUT2D eigenvalue weighted by Gasteiger charge is -2.25. The standard InChI is InChI=1S/C20H30O7.C5H10O2.CH4O/c1-4-12(2)17-6-5-13(3)18(27-20-10-16(23)11-25-20)8-14(21)7-15(22)9-19(24)26-17;1-4(2)3-5(6)7;1-2/h4-5,15-18,20,22-23H,6-11H2,1-3H3;4H,3H2,1-2H3,(H,6,7);2H,1H3/b12-4-,13-5+;;. The van der Waals surface area contributed by atoms with Crippen molar-refractivity contribution in [1.29, 1.82) is 0 Å². The molecule has 2 rings (SSSR count). The molecule has 2 heterocycles. The van der Waals surface area contributed by atoms with Crippen molar-refractivity contribution in [2.24, 2.45) is 5.92 Å². The largest absolute Gasteiger partial charge is 0.481 e. The Morgan fingerprint density at radius 3 is 2.28 bits per heavy atom. The summed E-state index contributed by atoms with van der Waals surface area (Å²) < 4.78 is 16.8. The second kappa shape index (κ2) is 18.2. The van der Waals surface area contributed by atoms with E-state index in [0.29, 0.717) is 12.8 Å². The molecule has 0 amide bonds. The summed E-state index contributed by atoms with van der Waals surface area (Å²) in [4.78, 5) is 34.2. The van der Waals surface area contributed by atoms with Crippen LogP contribution in [0.3, 0.4) is 0 Å². The molecule has 0 aliphatic carbocycles. The molecule has 2 aliphatic heterocycles. The molecule has 0 aromatic rings. The van der Waals surface area contributed by atoms with E-state index >= 15 is 0 Å². The van der Waals surface area contributed by atoms with E-state index in [1.165, 1.54) is 0 Å². The predicted molar refractivity (Wildman–Crippen MR) is 133 cm³/mol. The van der Waals surface area contributed by atoms with Gasteiger partial charge in [0.15, 0.2) is 6.29 Å². The number of hydrogen-bond acceptors (Lipinski definition) is 9. The SMILES string of the molecule is C/C=C(/C)C1C/C=C(\C)C(OC2CC(O)CO2)CC(=O)CC(O)CC(=O)O1.CC(C)CC(=O)O.CO. The number of ketones is 1. The second-order valence-electron chi connectivity index (χ2n) is 9.27. The molecule has 0 aromatic carbocycles. The van der Waals surface area contributed by atoms with Crippen LogP contribution in [0.2, 0.25) is 0 Å². The van der Waals surface area contributed by atoms with Gasteiger partial charge in [-0.3, -0.25) is 14.4 Å². The van der Waals surface area contributed by atoms with Crippen LogP contribution in [0, 0.1) is 5.92 Å². The highest BCUT2D eigenvalue weighted by molar-refractivity contribution is 5.81. The topological polar surface area (TPSA) is 160 Å². The number of aliphatic hydroxyl groups excluding tert-OH is 3. The average Bonchev–Trinajstić information content (AvgIpc) is 3.19. The van der Waals surface area contributed by atoms with Crippen molar-refractivity contribution in [2.75, 3.05) is 13.7 Å². The summed E-state index contributed by atoms with van der Waals surface area (Å²) in [6.45, 7) is 9.59. The molecule has 0 saturated carbocycles. The summed E-state index contributed by atoms with van der Waals surface area (Å²) in [5, 5.41) is 34.7. The van der Waals surface area contributed by atoms with E-state index in [4.69, 9.17) is 24.4 Å². The third-order valence-corrected chi connectivity index (χ3v) is 5.52. The zero-order valence-corrected chi connectivity index (χ0v) is 22.3. The van der Waals surface area contributed by atoms with Crippen molar-refractivity contribution in [2.45, 2.75) is 104 Å². The van der Waals surface area contributed by atoms with E-state index < -0.39 is 42.6 Å². The Balaban J connectivity index is 0.00000117. The molecule has 10 nitrogen and oxygen atoms in total. The van der Waals surface area contributed by atoms with Gasteiger partial charge in [-0.05, 0) is 37.8 Å². The molecule has 5 atom stereocenters. The van der Waals surface area contributed by atoms with Crippen LogP contribution < -0.4 is 0 Å². The normalized spacial score (nSPS) is 29.3. The van der Waals surface area contributed by atoms with E-state index in [1.807, 2.05) is 46.8 Å². The van der Waals surface area contributed by atoms with Crippen LogP contribution in [-0.2, 0) is 28.6 Å². The zero-order chi connectivity index (χ0) is 27.8. The lowest BCUT2D eigenvalue weighted by Crippen LogP contribution is -2.29. The van der Waals surface area contributed by atoms with Crippen molar-refractivity contribution in [1.82, 2.24) is 0 Å². The van der Waals surface area contributed by atoms with Gasteiger partial charge in [0, 0.05) is 39.2 Å². The summed E-state index contributed by atoms with van der Waals surface area (Å²) in [6, 6.07) is 0. The van der Waals surface area contributed by atoms with Gasteiger partial charge >= 0.3 is 11.9 Å². The van der Waals surface area contributed by atoms with E-state index in [1.54, 1.807) is 0 Å². The molecule has 208 valence electrons. The monoisotopic (exact) mass is 516 g/mol. The number of carbonyl (C=O) groups excluding carboxylic acids is 2. The van der Waals surface area contributed by atoms with Crippen LogP contribution in [0.5, 0.6) is 0 Å². The van der Waals surface area contributed by atoms with Gasteiger partial charge in [-0.1, -0.05) is 26.0 Å². The molecule has 36 heavy (non-hydrogen) atoms. The molecule has 0 bridgehead atoms. The van der Waals surface area contributed by atoms with Crippen molar-refractivity contribution >= 4 is 17.7 Å². The maximum Gasteiger partial charge on any atom is 0.309 e. The van der Waals surface area contributed by atoms with Gasteiger partial charge in [-0.2, -0.15) is 0 Å². The molecular formula is C26H44O10. The molecule has 5 unspecified atom stereocenters. The third-order valence-electron chi connectivity index (χ3n) is 5.52. The van der Waals surface area contributed by atoms with Crippen LogP contribution in [-0.4, -0.2) is 82.6 Å². The molecule has 2 aliphatic rings. The number of rotatable bonds is 5. The predicted octanol–water partition coefficient (Wildman–Crippen LogP) is 2.53. The van der Waals surface area contributed by atoms with Gasteiger partial charge in [0.1, 0.15) is 11.9 Å². The molecule has 0 aromatic heterocycles. The first-order valence-corrected chi connectivity index (χ1v) is 12.2. The van der Waals surface area contributed by atoms with Crippen LogP contribution in [0.1, 0.15) is 73.1 Å². The third kappa shape index (κ3) is 14.4. The summed E-state index contributed by atoms with van der Waals surface area (Å²) >= 11 is 0. The van der Waals surface area contributed by atoms with Gasteiger partial charge in [-0.15, -0.1) is 0 Å². The van der Waals surface area contributed by atoms with Gasteiger partial charge in [-0.25, -0.2) is 0 Å². The number of carboxylic acids is 1. The maximum atomic E-state index is 12.3. The quantitative estimate of drug-likeness (QED) is 0.316. The number of esters is 1. The number of allylic oxidation sites excluding steroid dienone is 1. The fourth-order valence-electron chi connectivity index (χ4n) is 3.48. The Morgan fingerprint density at radius 1 is 1.17 bits per heavy atom. The Kier molecular flexibility index (Phi) is 17.1. The molecule has 4 N–H and O–H groups in total. The minimum Gasteiger partial charge on any atom is -0.481 e. The maximum absolute atomic E-state index is 12.3. The number of cyclic esters (lactones) is 1.